The average Bonchev–Trinajstić information content (AvgIpc) is 2.63. The maximum absolute atomic E-state index is 14.0. The van der Waals surface area contributed by atoms with E-state index >= 15 is 0 Å². The third kappa shape index (κ3) is 4.93. The molecule has 132 valence electrons. The van der Waals surface area contributed by atoms with E-state index in [0.717, 1.165) is 10.2 Å². The molecule has 1 saturated heterocycles. The van der Waals surface area contributed by atoms with Gasteiger partial charge in [-0.15, -0.1) is 0 Å². The summed E-state index contributed by atoms with van der Waals surface area (Å²) in [5.41, 5.74) is 1.32. The average molecular weight is 408 g/mol. The molecule has 0 bridgehead atoms. The number of benzene rings is 2. The molecule has 0 saturated carbocycles. The molecule has 1 aliphatic heterocycles. The molecule has 1 heterocycles. The van der Waals surface area contributed by atoms with E-state index in [1.54, 1.807) is 36.4 Å². The Bertz CT molecular complexity index is 746. The number of nitrogens with zero attached hydrogens (tertiary/aromatic N) is 2. The third-order valence-corrected chi connectivity index (χ3v) is 4.33. The highest BCUT2D eigenvalue weighted by Crippen LogP contribution is 2.18. The Kier molecular flexibility index (Phi) is 5.88. The first kappa shape index (κ1) is 17.7. The van der Waals surface area contributed by atoms with Gasteiger partial charge in [0, 0.05) is 28.8 Å². The fourth-order valence-corrected chi connectivity index (χ4v) is 2.90. The number of nitrogens with one attached hydrogen (secondary N) is 1. The molecule has 2 N–H and O–H groups in total. The number of guanidine groups is 1. The molecule has 0 aromatic heterocycles. The lowest BCUT2D eigenvalue weighted by Crippen LogP contribution is -2.44. The molecule has 3 rings (SSSR count). The normalized spacial score (nSPS) is 15.3. The second-order valence-electron chi connectivity index (χ2n) is 5.65. The first-order valence-electron chi connectivity index (χ1n) is 7.99. The van der Waals surface area contributed by atoms with Crippen LogP contribution >= 0.6 is 15.9 Å². The summed E-state index contributed by atoms with van der Waals surface area (Å²) in [4.78, 5) is 6.67. The van der Waals surface area contributed by atoms with Crippen LogP contribution in [0.3, 0.4) is 0 Å². The number of rotatable bonds is 3. The van der Waals surface area contributed by atoms with Gasteiger partial charge in [-0.3, -0.25) is 0 Å². The predicted molar refractivity (Wildman–Crippen MR) is 99.4 cm³/mol. The summed E-state index contributed by atoms with van der Waals surface area (Å²) in [5, 5.41) is 12.7. The Labute approximate surface area is 154 Å². The fraction of sp³-hybridized carbons (Fsp3) is 0.278. The van der Waals surface area contributed by atoms with Gasteiger partial charge < -0.3 is 20.1 Å². The molecule has 0 spiro atoms. The molecule has 25 heavy (non-hydrogen) atoms. The van der Waals surface area contributed by atoms with Crippen LogP contribution in [-0.4, -0.2) is 42.3 Å². The highest BCUT2D eigenvalue weighted by Gasteiger charge is 2.16. The molecule has 0 radical (unpaired) electrons. The maximum atomic E-state index is 14.0. The molecule has 1 aliphatic rings. The molecule has 2 aromatic carbocycles. The van der Waals surface area contributed by atoms with Crippen LogP contribution in [0.15, 0.2) is 51.9 Å². The lowest BCUT2D eigenvalue weighted by Gasteiger charge is -2.30. The molecule has 0 aliphatic carbocycles. The number of aliphatic imine (C=N–C) groups is 1. The minimum absolute atomic E-state index is 0.201. The largest absolute Gasteiger partial charge is 0.508 e. The van der Waals surface area contributed by atoms with E-state index in [1.807, 2.05) is 0 Å². The van der Waals surface area contributed by atoms with Crippen molar-refractivity contribution in [2.24, 2.45) is 4.99 Å². The van der Waals surface area contributed by atoms with E-state index in [-0.39, 0.29) is 18.1 Å². The van der Waals surface area contributed by atoms with Crippen LogP contribution in [0.1, 0.15) is 5.56 Å². The van der Waals surface area contributed by atoms with Gasteiger partial charge in [0.2, 0.25) is 0 Å². The summed E-state index contributed by atoms with van der Waals surface area (Å²) in [6.07, 6.45) is 0. The van der Waals surface area contributed by atoms with Crippen molar-refractivity contribution in [2.75, 3.05) is 31.6 Å². The van der Waals surface area contributed by atoms with Crippen molar-refractivity contribution < 1.29 is 14.2 Å². The van der Waals surface area contributed by atoms with Gasteiger partial charge in [-0.2, -0.15) is 0 Å². The maximum Gasteiger partial charge on any atom is 0.198 e. The van der Waals surface area contributed by atoms with Gasteiger partial charge in [-0.25, -0.2) is 9.38 Å². The summed E-state index contributed by atoms with van der Waals surface area (Å²) in [7, 11) is 0. The zero-order valence-electron chi connectivity index (χ0n) is 13.6. The monoisotopic (exact) mass is 407 g/mol. The van der Waals surface area contributed by atoms with Crippen LogP contribution in [0, 0.1) is 5.82 Å². The Morgan fingerprint density at radius 1 is 1.20 bits per heavy atom. The number of hydrogen-bond donors (Lipinski definition) is 2. The summed E-state index contributed by atoms with van der Waals surface area (Å²) in [5.74, 6) is 0.581. The van der Waals surface area contributed by atoms with Gasteiger partial charge in [0.15, 0.2) is 5.96 Å². The molecule has 2 aromatic rings. The smallest absolute Gasteiger partial charge is 0.198 e. The topological polar surface area (TPSA) is 57.1 Å². The molecular weight excluding hydrogens is 389 g/mol. The van der Waals surface area contributed by atoms with E-state index < -0.39 is 0 Å². The van der Waals surface area contributed by atoms with E-state index in [4.69, 9.17) is 4.74 Å². The standard InChI is InChI=1S/C18H19BrFN3O2/c19-14-1-6-17(20)13(11-14)12-21-18(23-7-9-25-10-8-23)22-15-2-4-16(24)5-3-15/h1-6,11,24H,7-10,12H2,(H,21,22). The summed E-state index contributed by atoms with van der Waals surface area (Å²) >= 11 is 3.36. The number of aromatic hydroxyl groups is 1. The van der Waals surface area contributed by atoms with Crippen LogP contribution in [0.25, 0.3) is 0 Å². The highest BCUT2D eigenvalue weighted by molar-refractivity contribution is 9.10. The number of phenolic OH excluding ortho intramolecular Hbond substituents is 1. The lowest BCUT2D eigenvalue weighted by molar-refractivity contribution is 0.0679. The lowest BCUT2D eigenvalue weighted by atomic mass is 10.2. The molecular formula is C18H19BrFN3O2. The van der Waals surface area contributed by atoms with Crippen LogP contribution in [0.2, 0.25) is 0 Å². The highest BCUT2D eigenvalue weighted by atomic mass is 79.9. The number of halogens is 2. The Morgan fingerprint density at radius 3 is 2.64 bits per heavy atom. The van der Waals surface area contributed by atoms with Gasteiger partial charge in [-0.05, 0) is 42.5 Å². The van der Waals surface area contributed by atoms with Crippen LogP contribution in [0.4, 0.5) is 10.1 Å². The second-order valence-corrected chi connectivity index (χ2v) is 6.56. The molecule has 0 atom stereocenters. The zero-order valence-corrected chi connectivity index (χ0v) is 15.2. The summed E-state index contributed by atoms with van der Waals surface area (Å²) in [6.45, 7) is 2.90. The predicted octanol–water partition coefficient (Wildman–Crippen LogP) is 3.59. The summed E-state index contributed by atoms with van der Waals surface area (Å²) < 4.78 is 20.2. The Morgan fingerprint density at radius 2 is 1.92 bits per heavy atom. The minimum atomic E-state index is -0.280. The van der Waals surface area contributed by atoms with Crippen molar-refractivity contribution in [1.29, 1.82) is 0 Å². The van der Waals surface area contributed by atoms with Crippen molar-refractivity contribution in [2.45, 2.75) is 6.54 Å². The van der Waals surface area contributed by atoms with Crippen molar-refractivity contribution in [3.05, 3.63) is 58.3 Å². The second kappa shape index (κ2) is 8.31. The van der Waals surface area contributed by atoms with Gasteiger partial charge >= 0.3 is 0 Å². The number of ether oxygens (including phenoxy) is 1. The molecule has 1 fully saturated rings. The first-order valence-corrected chi connectivity index (χ1v) is 8.78. The number of anilines is 1. The molecule has 7 heteroatoms. The van der Waals surface area contributed by atoms with E-state index in [2.05, 4.69) is 31.1 Å². The van der Waals surface area contributed by atoms with Crippen molar-refractivity contribution in [3.8, 4) is 5.75 Å². The van der Waals surface area contributed by atoms with E-state index in [1.165, 1.54) is 6.07 Å². The summed E-state index contributed by atoms with van der Waals surface area (Å²) in [6, 6.07) is 11.6. The van der Waals surface area contributed by atoms with Gasteiger partial charge in [0.25, 0.3) is 0 Å². The van der Waals surface area contributed by atoms with Gasteiger partial charge in [0.05, 0.1) is 19.8 Å². The quantitative estimate of drug-likeness (QED) is 0.463. The zero-order chi connectivity index (χ0) is 17.6. The molecule has 5 nitrogen and oxygen atoms in total. The first-order chi connectivity index (χ1) is 12.1. The van der Waals surface area contributed by atoms with Gasteiger partial charge in [0.1, 0.15) is 11.6 Å². The van der Waals surface area contributed by atoms with Crippen molar-refractivity contribution in [3.63, 3.8) is 0 Å². The Hall–Kier alpha value is -2.12. The molecule has 0 amide bonds. The Balaban J connectivity index is 1.81. The third-order valence-electron chi connectivity index (χ3n) is 3.84. The van der Waals surface area contributed by atoms with Crippen LogP contribution in [-0.2, 0) is 11.3 Å². The fourth-order valence-electron chi connectivity index (χ4n) is 2.49. The minimum Gasteiger partial charge on any atom is -0.508 e. The van der Waals surface area contributed by atoms with Crippen molar-refractivity contribution in [1.82, 2.24) is 4.90 Å². The SMILES string of the molecule is Oc1ccc(NC(=NCc2cc(Br)ccc2F)N2CCOCC2)cc1. The van der Waals surface area contributed by atoms with Crippen LogP contribution < -0.4 is 5.32 Å². The van der Waals surface area contributed by atoms with Crippen LogP contribution in [0.5, 0.6) is 5.75 Å². The number of phenols is 1. The molecule has 0 unspecified atom stereocenters. The number of hydrogen-bond acceptors (Lipinski definition) is 3. The van der Waals surface area contributed by atoms with E-state index in [9.17, 15) is 9.50 Å². The number of morpholine rings is 1. The van der Waals surface area contributed by atoms with Crippen molar-refractivity contribution >= 4 is 27.6 Å². The van der Waals surface area contributed by atoms with E-state index in [0.29, 0.717) is 37.8 Å². The van der Waals surface area contributed by atoms with Gasteiger partial charge in [-0.1, -0.05) is 15.9 Å².